The van der Waals surface area contributed by atoms with Crippen LogP contribution in [0.5, 0.6) is 0 Å². The second-order valence-electron chi connectivity index (χ2n) is 9.10. The summed E-state index contributed by atoms with van der Waals surface area (Å²) in [6.07, 6.45) is 1.45. The van der Waals surface area contributed by atoms with E-state index in [-0.39, 0.29) is 30.1 Å². The minimum atomic E-state index is -3.78. The second kappa shape index (κ2) is 7.53. The molecule has 0 radical (unpaired) electrons. The fourth-order valence-electron chi connectivity index (χ4n) is 3.05. The lowest BCUT2D eigenvalue weighted by atomic mass is 9.92. The summed E-state index contributed by atoms with van der Waals surface area (Å²) in [4.78, 5) is 12.8. The Bertz CT molecular complexity index is 939. The predicted octanol–water partition coefficient (Wildman–Crippen LogP) is 1.56. The van der Waals surface area contributed by atoms with Gasteiger partial charge in [0.15, 0.2) is 15.6 Å². The Morgan fingerprint density at radius 2 is 1.82 bits per heavy atom. The van der Waals surface area contributed by atoms with Crippen molar-refractivity contribution in [2.24, 2.45) is 5.92 Å². The second-order valence-corrected chi connectivity index (χ2v) is 13.7. The van der Waals surface area contributed by atoms with Gasteiger partial charge in [-0.3, -0.25) is 4.79 Å². The quantitative estimate of drug-likeness (QED) is 0.639. The maximum atomic E-state index is 12.9. The Hall–Kier alpha value is -1.26. The number of sulfonamides is 1. The average molecular weight is 435 g/mol. The van der Waals surface area contributed by atoms with Crippen molar-refractivity contribution in [3.05, 3.63) is 17.5 Å². The van der Waals surface area contributed by atoms with Crippen LogP contribution in [-0.4, -0.2) is 61.9 Å². The molecule has 28 heavy (non-hydrogen) atoms. The molecule has 10 heteroatoms. The average Bonchev–Trinajstić information content (AvgIpc) is 3.14. The highest BCUT2D eigenvalue weighted by atomic mass is 32.2. The molecule has 1 atom stereocenters. The molecule has 1 fully saturated rings. The summed E-state index contributed by atoms with van der Waals surface area (Å²) < 4.78 is 54.1. The number of rotatable bonds is 7. The normalized spacial score (nSPS) is 19.9. The smallest absolute Gasteiger partial charge is 0.211 e. The fourth-order valence-corrected chi connectivity index (χ4v) is 5.70. The molecule has 0 N–H and O–H groups in total. The molecule has 1 aromatic heterocycles. The fraction of sp³-hybridized carbons (Fsp3) is 0.778. The van der Waals surface area contributed by atoms with E-state index in [0.29, 0.717) is 24.4 Å². The summed E-state index contributed by atoms with van der Waals surface area (Å²) in [5.74, 6) is -0.363. The van der Waals surface area contributed by atoms with Crippen LogP contribution in [-0.2, 0) is 36.5 Å². The number of ketones is 1. The van der Waals surface area contributed by atoms with Gasteiger partial charge in [0.25, 0.3) is 0 Å². The maximum absolute atomic E-state index is 12.9. The van der Waals surface area contributed by atoms with Crippen LogP contribution in [0.15, 0.2) is 10.6 Å². The van der Waals surface area contributed by atoms with Crippen LogP contribution in [0.4, 0.5) is 0 Å². The number of hydrogen-bond donors (Lipinski definition) is 0. The van der Waals surface area contributed by atoms with Crippen LogP contribution in [0.25, 0.3) is 0 Å². The van der Waals surface area contributed by atoms with Gasteiger partial charge in [-0.2, -0.15) is 0 Å². The SMILES string of the molecule is CC(C)(C)c1cc(CC(=O)C(C)(C)S(=O)(=O)CC2CCN(S(C)(=O)=O)C2)no1. The Labute approximate surface area is 167 Å². The summed E-state index contributed by atoms with van der Waals surface area (Å²) in [5, 5.41) is 3.89. The summed E-state index contributed by atoms with van der Waals surface area (Å²) in [6, 6.07) is 1.68. The van der Waals surface area contributed by atoms with E-state index >= 15 is 0 Å². The van der Waals surface area contributed by atoms with Crippen molar-refractivity contribution in [1.29, 1.82) is 0 Å². The number of nitrogens with zero attached hydrogens (tertiary/aromatic N) is 2. The number of hydrogen-bond acceptors (Lipinski definition) is 7. The molecule has 1 aromatic rings. The van der Waals surface area contributed by atoms with Crippen molar-refractivity contribution in [3.8, 4) is 0 Å². The first kappa shape index (κ1) is 23.0. The highest BCUT2D eigenvalue weighted by molar-refractivity contribution is 7.93. The molecule has 0 amide bonds. The van der Waals surface area contributed by atoms with Crippen molar-refractivity contribution in [3.63, 3.8) is 0 Å². The molecule has 1 aliphatic heterocycles. The van der Waals surface area contributed by atoms with Gasteiger partial charge in [0.05, 0.1) is 24.1 Å². The summed E-state index contributed by atoms with van der Waals surface area (Å²) >= 11 is 0. The molecule has 2 heterocycles. The molecular weight excluding hydrogens is 404 g/mol. The third-order valence-corrected chi connectivity index (χ3v) is 9.22. The van der Waals surface area contributed by atoms with Gasteiger partial charge in [0.1, 0.15) is 10.5 Å². The van der Waals surface area contributed by atoms with Gasteiger partial charge in [-0.1, -0.05) is 25.9 Å². The molecule has 8 nitrogen and oxygen atoms in total. The van der Waals surface area contributed by atoms with Gasteiger partial charge in [-0.25, -0.2) is 21.1 Å². The number of sulfone groups is 1. The minimum Gasteiger partial charge on any atom is -0.361 e. The molecule has 1 unspecified atom stereocenters. The first-order valence-corrected chi connectivity index (χ1v) is 12.7. The van der Waals surface area contributed by atoms with E-state index in [4.69, 9.17) is 4.52 Å². The van der Waals surface area contributed by atoms with E-state index in [9.17, 15) is 21.6 Å². The van der Waals surface area contributed by atoms with Crippen LogP contribution in [0, 0.1) is 5.92 Å². The molecule has 0 bridgehead atoms. The zero-order valence-corrected chi connectivity index (χ0v) is 19.0. The highest BCUT2D eigenvalue weighted by Crippen LogP contribution is 2.28. The van der Waals surface area contributed by atoms with Crippen LogP contribution < -0.4 is 0 Å². The van der Waals surface area contributed by atoms with E-state index in [1.54, 1.807) is 6.07 Å². The monoisotopic (exact) mass is 434 g/mol. The van der Waals surface area contributed by atoms with Crippen molar-refractivity contribution in [1.82, 2.24) is 9.46 Å². The molecule has 0 aromatic carbocycles. The molecular formula is C18H30N2O6S2. The molecule has 160 valence electrons. The first-order valence-electron chi connectivity index (χ1n) is 9.21. The molecule has 1 saturated heterocycles. The zero-order chi connectivity index (χ0) is 21.5. The van der Waals surface area contributed by atoms with E-state index in [0.717, 1.165) is 6.26 Å². The zero-order valence-electron chi connectivity index (χ0n) is 17.4. The number of Topliss-reactive ketones (excluding diaryl/α,β-unsaturated/α-hetero) is 1. The molecule has 0 saturated carbocycles. The predicted molar refractivity (Wildman–Crippen MR) is 106 cm³/mol. The largest absolute Gasteiger partial charge is 0.361 e. The summed E-state index contributed by atoms with van der Waals surface area (Å²) in [5.41, 5.74) is 0.145. The van der Waals surface area contributed by atoms with Crippen molar-refractivity contribution in [2.45, 2.75) is 57.6 Å². The molecule has 0 spiro atoms. The standard InChI is InChI=1S/C18H30N2O6S2/c1-17(2,3)16-10-14(19-26-16)9-15(21)18(4,5)28(24,25)12-13-7-8-20(11-13)27(6,22)23/h10,13H,7-9,11-12H2,1-6H3. The van der Waals surface area contributed by atoms with Crippen LogP contribution in [0.1, 0.15) is 52.5 Å². The Morgan fingerprint density at radius 3 is 2.29 bits per heavy atom. The molecule has 0 aliphatic carbocycles. The van der Waals surface area contributed by atoms with Crippen LogP contribution in [0.2, 0.25) is 0 Å². The number of carbonyl (C=O) groups is 1. The lowest BCUT2D eigenvalue weighted by molar-refractivity contribution is -0.120. The number of carbonyl (C=O) groups excluding carboxylic acids is 1. The highest BCUT2D eigenvalue weighted by Gasteiger charge is 2.44. The third-order valence-electron chi connectivity index (χ3n) is 5.26. The van der Waals surface area contributed by atoms with Gasteiger partial charge in [0, 0.05) is 24.6 Å². The van der Waals surface area contributed by atoms with Crippen LogP contribution in [0.3, 0.4) is 0 Å². The first-order chi connectivity index (χ1) is 12.5. The van der Waals surface area contributed by atoms with Crippen LogP contribution >= 0.6 is 0 Å². The molecule has 1 aliphatic rings. The van der Waals surface area contributed by atoms with Gasteiger partial charge in [-0.05, 0) is 26.2 Å². The minimum absolute atomic E-state index is 0.133. The van der Waals surface area contributed by atoms with Gasteiger partial charge >= 0.3 is 0 Å². The van der Waals surface area contributed by atoms with Gasteiger partial charge in [-0.15, -0.1) is 0 Å². The Kier molecular flexibility index (Phi) is 6.19. The Morgan fingerprint density at radius 1 is 1.21 bits per heavy atom. The van der Waals surface area contributed by atoms with Crippen molar-refractivity contribution < 1.29 is 26.2 Å². The third kappa shape index (κ3) is 5.01. The van der Waals surface area contributed by atoms with E-state index < -0.39 is 30.4 Å². The van der Waals surface area contributed by atoms with Crippen molar-refractivity contribution >= 4 is 25.6 Å². The lowest BCUT2D eigenvalue weighted by Gasteiger charge is -2.25. The summed E-state index contributed by atoms with van der Waals surface area (Å²) in [6.45, 7) is 9.14. The van der Waals surface area contributed by atoms with E-state index in [1.807, 2.05) is 20.8 Å². The topological polar surface area (TPSA) is 115 Å². The number of aromatic nitrogens is 1. The van der Waals surface area contributed by atoms with E-state index in [1.165, 1.54) is 18.2 Å². The maximum Gasteiger partial charge on any atom is 0.211 e. The Balaban J connectivity index is 2.09. The molecule has 2 rings (SSSR count). The van der Waals surface area contributed by atoms with Crippen molar-refractivity contribution in [2.75, 3.05) is 25.1 Å². The summed E-state index contributed by atoms with van der Waals surface area (Å²) in [7, 11) is -7.12. The van der Waals surface area contributed by atoms with Gasteiger partial charge < -0.3 is 4.52 Å². The van der Waals surface area contributed by atoms with E-state index in [2.05, 4.69) is 5.16 Å². The lowest BCUT2D eigenvalue weighted by Crippen LogP contribution is -2.44. The van der Waals surface area contributed by atoms with Gasteiger partial charge in [0.2, 0.25) is 10.0 Å².